The van der Waals surface area contributed by atoms with Gasteiger partial charge < -0.3 is 9.64 Å². The van der Waals surface area contributed by atoms with Gasteiger partial charge in [-0.3, -0.25) is 4.79 Å². The molecule has 4 nitrogen and oxygen atoms in total. The van der Waals surface area contributed by atoms with Gasteiger partial charge in [0.15, 0.2) is 0 Å². The number of ether oxygens (including phenoxy) is 1. The number of fused-ring (bicyclic) bond motifs is 2. The molecule has 21 heavy (non-hydrogen) atoms. The minimum absolute atomic E-state index is 0.0861. The quantitative estimate of drug-likeness (QED) is 0.801. The molecule has 2 saturated heterocycles. The van der Waals surface area contributed by atoms with Gasteiger partial charge in [-0.05, 0) is 45.6 Å². The highest BCUT2D eigenvalue weighted by molar-refractivity contribution is 5.94. The lowest BCUT2D eigenvalue weighted by molar-refractivity contribution is 0.0634. The van der Waals surface area contributed by atoms with Crippen molar-refractivity contribution in [2.24, 2.45) is 0 Å². The molecule has 0 N–H and O–H groups in total. The lowest BCUT2D eigenvalue weighted by Gasteiger charge is -2.36. The van der Waals surface area contributed by atoms with Crippen LogP contribution in [0.4, 0.5) is 0 Å². The molecule has 2 aliphatic heterocycles. The van der Waals surface area contributed by atoms with E-state index in [2.05, 4.69) is 16.5 Å². The summed E-state index contributed by atoms with van der Waals surface area (Å²) in [6.07, 6.45) is 5.80. The largest absolute Gasteiger partial charge is 0.475 e. The molecular formula is C17H22N2O2. The first kappa shape index (κ1) is 14.1. The van der Waals surface area contributed by atoms with Crippen molar-refractivity contribution in [2.75, 3.05) is 0 Å². The van der Waals surface area contributed by atoms with Crippen molar-refractivity contribution in [3.05, 3.63) is 36.0 Å². The van der Waals surface area contributed by atoms with Crippen LogP contribution in [-0.2, 0) is 0 Å². The molecule has 2 fully saturated rings. The molecule has 0 spiro atoms. The second kappa shape index (κ2) is 5.51. The van der Waals surface area contributed by atoms with Gasteiger partial charge in [-0.15, -0.1) is 0 Å². The average molecular weight is 286 g/mol. The second-order valence-electron chi connectivity index (χ2n) is 6.31. The van der Waals surface area contributed by atoms with Crippen molar-refractivity contribution < 1.29 is 9.53 Å². The van der Waals surface area contributed by atoms with Gasteiger partial charge in [0.1, 0.15) is 0 Å². The molecule has 1 aromatic heterocycles. The van der Waals surface area contributed by atoms with Gasteiger partial charge in [0, 0.05) is 24.3 Å². The Labute approximate surface area is 125 Å². The summed E-state index contributed by atoms with van der Waals surface area (Å²) in [4.78, 5) is 19.0. The van der Waals surface area contributed by atoms with Crippen molar-refractivity contribution in [1.29, 1.82) is 0 Å². The van der Waals surface area contributed by atoms with Crippen LogP contribution in [0.1, 0.15) is 49.9 Å². The van der Waals surface area contributed by atoms with Gasteiger partial charge >= 0.3 is 0 Å². The molecule has 1 amide bonds. The number of carbonyl (C=O) groups excluding carboxylic acids is 1. The molecule has 1 aromatic rings. The number of pyridine rings is 1. The highest BCUT2D eigenvalue weighted by atomic mass is 16.5. The normalized spacial score (nSPS) is 24.5. The molecule has 4 heteroatoms. The van der Waals surface area contributed by atoms with Crippen molar-refractivity contribution in [3.63, 3.8) is 0 Å². The predicted octanol–water partition coefficient (Wildman–Crippen LogP) is 3.19. The molecule has 2 aliphatic rings. The highest BCUT2D eigenvalue weighted by Gasteiger charge is 2.41. The topological polar surface area (TPSA) is 42.4 Å². The third-order valence-corrected chi connectivity index (χ3v) is 4.24. The summed E-state index contributed by atoms with van der Waals surface area (Å²) >= 11 is 0. The summed E-state index contributed by atoms with van der Waals surface area (Å²) in [6, 6.07) is 4.25. The van der Waals surface area contributed by atoms with Crippen LogP contribution in [0.5, 0.6) is 5.88 Å². The van der Waals surface area contributed by atoms with Crippen LogP contribution in [0.3, 0.4) is 0 Å². The van der Waals surface area contributed by atoms with E-state index in [9.17, 15) is 4.79 Å². The standard InChI is InChI=1S/C17H22N2O2/c1-11(2)21-16-7-4-13(10-18-16)17(20)19-14-5-6-15(19)9-12(3)8-14/h4,7,10-11,14-15H,3,5-6,8-9H2,1-2H3. The Hall–Kier alpha value is -1.84. The maximum absolute atomic E-state index is 12.7. The summed E-state index contributed by atoms with van der Waals surface area (Å²) in [5.74, 6) is 0.662. The second-order valence-corrected chi connectivity index (χ2v) is 6.31. The SMILES string of the molecule is C=C1CC2CCC(C1)N2C(=O)c1ccc(OC(C)C)nc1. The summed E-state index contributed by atoms with van der Waals surface area (Å²) < 4.78 is 5.52. The van der Waals surface area contributed by atoms with E-state index in [4.69, 9.17) is 4.74 Å². The van der Waals surface area contributed by atoms with Gasteiger partial charge in [0.2, 0.25) is 5.88 Å². The minimum Gasteiger partial charge on any atom is -0.475 e. The van der Waals surface area contributed by atoms with Crippen LogP contribution >= 0.6 is 0 Å². The molecule has 0 radical (unpaired) electrons. The zero-order valence-corrected chi connectivity index (χ0v) is 12.7. The number of amides is 1. The van der Waals surface area contributed by atoms with Crippen LogP contribution in [0.2, 0.25) is 0 Å². The maximum atomic E-state index is 12.7. The maximum Gasteiger partial charge on any atom is 0.255 e. The number of carbonyl (C=O) groups is 1. The third kappa shape index (κ3) is 2.80. The Morgan fingerprint density at radius 1 is 1.33 bits per heavy atom. The number of aromatic nitrogens is 1. The van der Waals surface area contributed by atoms with Crippen molar-refractivity contribution in [3.8, 4) is 5.88 Å². The Morgan fingerprint density at radius 2 is 2.00 bits per heavy atom. The number of hydrogen-bond acceptors (Lipinski definition) is 3. The fourth-order valence-electron chi connectivity index (χ4n) is 3.41. The minimum atomic E-state index is 0.0861. The highest BCUT2D eigenvalue weighted by Crippen LogP contribution is 2.38. The van der Waals surface area contributed by atoms with Gasteiger partial charge in [-0.1, -0.05) is 12.2 Å². The zero-order valence-electron chi connectivity index (χ0n) is 12.7. The first-order valence-electron chi connectivity index (χ1n) is 7.66. The molecule has 0 aromatic carbocycles. The molecule has 0 saturated carbocycles. The van der Waals surface area contributed by atoms with E-state index >= 15 is 0 Å². The Kier molecular flexibility index (Phi) is 3.70. The summed E-state index contributed by atoms with van der Waals surface area (Å²) in [6.45, 7) is 8.01. The molecule has 3 heterocycles. The lowest BCUT2D eigenvalue weighted by atomic mass is 9.97. The average Bonchev–Trinajstić information content (AvgIpc) is 2.70. The van der Waals surface area contributed by atoms with Gasteiger partial charge in [-0.25, -0.2) is 4.98 Å². The molecule has 112 valence electrons. The number of nitrogens with zero attached hydrogens (tertiary/aromatic N) is 2. The number of piperidine rings is 1. The predicted molar refractivity (Wildman–Crippen MR) is 81.4 cm³/mol. The van der Waals surface area contributed by atoms with Crippen LogP contribution in [0.25, 0.3) is 0 Å². The molecular weight excluding hydrogens is 264 g/mol. The smallest absolute Gasteiger partial charge is 0.255 e. The van der Waals surface area contributed by atoms with E-state index < -0.39 is 0 Å². The molecule has 3 rings (SSSR count). The van der Waals surface area contributed by atoms with Crippen LogP contribution < -0.4 is 4.74 Å². The summed E-state index contributed by atoms with van der Waals surface area (Å²) in [5, 5.41) is 0. The molecule has 2 bridgehead atoms. The monoisotopic (exact) mass is 286 g/mol. The van der Waals surface area contributed by atoms with Crippen LogP contribution in [0.15, 0.2) is 30.5 Å². The zero-order chi connectivity index (χ0) is 15.0. The summed E-state index contributed by atoms with van der Waals surface area (Å²) in [7, 11) is 0. The first-order valence-corrected chi connectivity index (χ1v) is 7.66. The van der Waals surface area contributed by atoms with E-state index in [1.54, 1.807) is 12.3 Å². The Balaban J connectivity index is 1.75. The van der Waals surface area contributed by atoms with Gasteiger partial charge in [-0.2, -0.15) is 0 Å². The van der Waals surface area contributed by atoms with Gasteiger partial charge in [0.25, 0.3) is 5.91 Å². The van der Waals surface area contributed by atoms with E-state index in [0.717, 1.165) is 25.7 Å². The fourth-order valence-corrected chi connectivity index (χ4v) is 3.41. The molecule has 2 unspecified atom stereocenters. The fraction of sp³-hybridized carbons (Fsp3) is 0.529. The van der Waals surface area contributed by atoms with E-state index in [1.165, 1.54) is 5.57 Å². The molecule has 0 aliphatic carbocycles. The molecule has 2 atom stereocenters. The first-order chi connectivity index (χ1) is 10.0. The third-order valence-electron chi connectivity index (χ3n) is 4.24. The number of hydrogen-bond donors (Lipinski definition) is 0. The van der Waals surface area contributed by atoms with Gasteiger partial charge in [0.05, 0.1) is 11.7 Å². The van der Waals surface area contributed by atoms with Crippen LogP contribution in [0, 0.1) is 0 Å². The van der Waals surface area contributed by atoms with Crippen molar-refractivity contribution in [2.45, 2.75) is 57.7 Å². The van der Waals surface area contributed by atoms with E-state index in [-0.39, 0.29) is 12.0 Å². The summed E-state index contributed by atoms with van der Waals surface area (Å²) in [5.41, 5.74) is 1.93. The lowest BCUT2D eigenvalue weighted by Crippen LogP contribution is -2.44. The van der Waals surface area contributed by atoms with E-state index in [1.807, 2.05) is 19.9 Å². The van der Waals surface area contributed by atoms with E-state index in [0.29, 0.717) is 23.5 Å². The number of rotatable bonds is 3. The Morgan fingerprint density at radius 3 is 2.52 bits per heavy atom. The van der Waals surface area contributed by atoms with Crippen molar-refractivity contribution >= 4 is 5.91 Å². The Bertz CT molecular complexity index is 534. The van der Waals surface area contributed by atoms with Crippen molar-refractivity contribution in [1.82, 2.24) is 9.88 Å². The van der Waals surface area contributed by atoms with Crippen LogP contribution in [-0.4, -0.2) is 34.0 Å².